The smallest absolute Gasteiger partial charge is 0.261 e. The van der Waals surface area contributed by atoms with Gasteiger partial charge in [0.05, 0.1) is 0 Å². The number of fused-ring (bicyclic) bond motifs is 1. The number of aromatic nitrogens is 3. The first-order chi connectivity index (χ1) is 12.1. The molecule has 7 nitrogen and oxygen atoms in total. The van der Waals surface area contributed by atoms with E-state index in [-0.39, 0.29) is 17.0 Å². The first kappa shape index (κ1) is 14.9. The minimum Gasteiger partial charge on any atom is -0.423 e. The molecule has 2 aliphatic carbocycles. The maximum Gasteiger partial charge on any atom is 0.261 e. The van der Waals surface area contributed by atoms with Crippen LogP contribution in [0.1, 0.15) is 65.9 Å². The summed E-state index contributed by atoms with van der Waals surface area (Å²) in [5.41, 5.74) is 0.313. The van der Waals surface area contributed by atoms with E-state index in [1.54, 1.807) is 17.9 Å². The summed E-state index contributed by atoms with van der Waals surface area (Å²) in [6, 6.07) is 3.55. The Kier molecular flexibility index (Phi) is 2.99. The van der Waals surface area contributed by atoms with Gasteiger partial charge in [-0.05, 0) is 56.1 Å². The molecule has 25 heavy (non-hydrogen) atoms. The molecule has 5 rings (SSSR count). The van der Waals surface area contributed by atoms with E-state index in [1.165, 1.54) is 0 Å². The molecular weight excluding hydrogens is 320 g/mol. The number of aryl methyl sites for hydroxylation is 1. The van der Waals surface area contributed by atoms with Gasteiger partial charge in [-0.3, -0.25) is 9.59 Å². The lowest BCUT2D eigenvalue weighted by molar-refractivity contribution is -0.00354. The van der Waals surface area contributed by atoms with E-state index in [4.69, 9.17) is 4.42 Å². The molecule has 0 bridgehead atoms. The molecule has 1 saturated heterocycles. The summed E-state index contributed by atoms with van der Waals surface area (Å²) in [5.74, 6) is 1.56. The van der Waals surface area contributed by atoms with E-state index in [1.807, 2.05) is 6.07 Å². The number of nitrogens with one attached hydrogen (secondary N) is 1. The molecule has 2 aromatic heterocycles. The molecule has 1 N–H and O–H groups in total. The van der Waals surface area contributed by atoms with Crippen molar-refractivity contribution in [3.05, 3.63) is 45.5 Å². The fourth-order valence-corrected chi connectivity index (χ4v) is 4.43. The number of hydrogen-bond donors (Lipinski definition) is 1. The molecule has 1 aliphatic heterocycles. The van der Waals surface area contributed by atoms with Crippen molar-refractivity contribution >= 4 is 5.91 Å². The van der Waals surface area contributed by atoms with Crippen molar-refractivity contribution in [2.75, 3.05) is 6.54 Å². The molecule has 3 heterocycles. The van der Waals surface area contributed by atoms with Crippen molar-refractivity contribution in [2.24, 2.45) is 5.92 Å². The Morgan fingerprint density at radius 3 is 2.72 bits per heavy atom. The third kappa shape index (κ3) is 2.04. The highest BCUT2D eigenvalue weighted by atomic mass is 16.4. The second-order valence-electron chi connectivity index (χ2n) is 7.46. The number of H-pyrrole nitrogens is 1. The first-order valence-corrected chi connectivity index (χ1v) is 8.95. The van der Waals surface area contributed by atoms with Crippen LogP contribution in [0.15, 0.2) is 21.3 Å². The van der Waals surface area contributed by atoms with Gasteiger partial charge in [-0.1, -0.05) is 0 Å². The minimum atomic E-state index is -0.528. The maximum absolute atomic E-state index is 13.2. The van der Waals surface area contributed by atoms with Crippen LogP contribution >= 0.6 is 0 Å². The largest absolute Gasteiger partial charge is 0.423 e. The van der Waals surface area contributed by atoms with Gasteiger partial charge in [0.25, 0.3) is 11.5 Å². The zero-order valence-electron chi connectivity index (χ0n) is 14.1. The van der Waals surface area contributed by atoms with E-state index in [0.29, 0.717) is 30.2 Å². The van der Waals surface area contributed by atoms with Gasteiger partial charge in [-0.2, -0.15) is 0 Å². The topological polar surface area (TPSA) is 92.1 Å². The number of amides is 1. The lowest BCUT2D eigenvalue weighted by Gasteiger charge is -2.46. The molecule has 2 aromatic rings. The number of aromatic amines is 1. The fraction of sp³-hybridized carbons (Fsp3) is 0.556. The zero-order valence-corrected chi connectivity index (χ0v) is 14.1. The predicted octanol–water partition coefficient (Wildman–Crippen LogP) is 2.10. The molecule has 0 spiro atoms. The van der Waals surface area contributed by atoms with Gasteiger partial charge in [0, 0.05) is 19.2 Å². The van der Waals surface area contributed by atoms with Crippen molar-refractivity contribution in [1.82, 2.24) is 20.1 Å². The number of carbonyl (C=O) groups excluding carboxylic acids is 1. The van der Waals surface area contributed by atoms with Crippen LogP contribution in [0, 0.1) is 12.8 Å². The van der Waals surface area contributed by atoms with Crippen molar-refractivity contribution in [1.29, 1.82) is 0 Å². The second-order valence-corrected chi connectivity index (χ2v) is 7.46. The molecule has 1 amide bonds. The minimum absolute atomic E-state index is 0.201. The van der Waals surface area contributed by atoms with Gasteiger partial charge in [-0.25, -0.2) is 0 Å². The van der Waals surface area contributed by atoms with Crippen LogP contribution in [0.5, 0.6) is 0 Å². The lowest BCUT2D eigenvalue weighted by atomic mass is 9.67. The predicted molar refractivity (Wildman–Crippen MR) is 88.1 cm³/mol. The summed E-state index contributed by atoms with van der Waals surface area (Å²) >= 11 is 0. The number of carbonyl (C=O) groups is 1. The normalized spacial score (nSPS) is 27.9. The summed E-state index contributed by atoms with van der Waals surface area (Å²) in [6.07, 6.45) is 4.98. The lowest BCUT2D eigenvalue weighted by Crippen LogP contribution is -2.54. The Labute approximate surface area is 144 Å². The third-order valence-electron chi connectivity index (χ3n) is 6.05. The van der Waals surface area contributed by atoms with Crippen molar-refractivity contribution in [3.8, 4) is 0 Å². The molecule has 2 saturated carbocycles. The summed E-state index contributed by atoms with van der Waals surface area (Å²) in [5, 5.41) is 8.14. The molecule has 0 radical (unpaired) electrons. The maximum atomic E-state index is 13.2. The Morgan fingerprint density at radius 2 is 2.12 bits per heavy atom. The quantitative estimate of drug-likeness (QED) is 0.924. The van der Waals surface area contributed by atoms with Crippen molar-refractivity contribution < 1.29 is 9.21 Å². The number of nitrogens with zero attached hydrogens (tertiary/aromatic N) is 3. The standard InChI is InChI=1S/C18H20N4O3/c1-10-20-21-17(25-10)18-8-6-12(18)7-9-22(18)16(24)13-4-5-14(11-2-3-11)19-15(13)23/h4-5,11-12H,2-3,6-9H2,1H3,(H,19,23)/t12-,18-/m0/s1. The van der Waals surface area contributed by atoms with Crippen molar-refractivity contribution in [2.45, 2.75) is 50.5 Å². The first-order valence-electron chi connectivity index (χ1n) is 8.95. The zero-order chi connectivity index (χ0) is 17.2. The molecule has 3 aliphatic rings. The molecule has 0 aromatic carbocycles. The Morgan fingerprint density at radius 1 is 1.28 bits per heavy atom. The summed E-state index contributed by atoms with van der Waals surface area (Å²) in [6.45, 7) is 2.37. The average molecular weight is 340 g/mol. The van der Waals surface area contributed by atoms with Crippen LogP contribution in [-0.2, 0) is 5.54 Å². The van der Waals surface area contributed by atoms with Crippen LogP contribution < -0.4 is 5.56 Å². The van der Waals surface area contributed by atoms with Crippen molar-refractivity contribution in [3.63, 3.8) is 0 Å². The van der Waals surface area contributed by atoms with E-state index >= 15 is 0 Å². The van der Waals surface area contributed by atoms with E-state index < -0.39 is 5.54 Å². The number of pyridine rings is 1. The van der Waals surface area contributed by atoms with Crippen LogP contribution in [0.2, 0.25) is 0 Å². The molecule has 2 atom stereocenters. The summed E-state index contributed by atoms with van der Waals surface area (Å²) in [7, 11) is 0. The van der Waals surface area contributed by atoms with Crippen LogP contribution in [0.4, 0.5) is 0 Å². The Hall–Kier alpha value is -2.44. The third-order valence-corrected chi connectivity index (χ3v) is 6.05. The monoisotopic (exact) mass is 340 g/mol. The molecular formula is C18H20N4O3. The van der Waals surface area contributed by atoms with Crippen LogP contribution in [-0.4, -0.2) is 32.5 Å². The van der Waals surface area contributed by atoms with Gasteiger partial charge in [-0.15, -0.1) is 10.2 Å². The van der Waals surface area contributed by atoms with E-state index in [2.05, 4.69) is 15.2 Å². The number of hydrogen-bond acceptors (Lipinski definition) is 5. The summed E-state index contributed by atoms with van der Waals surface area (Å²) in [4.78, 5) is 30.3. The van der Waals surface area contributed by atoms with E-state index in [9.17, 15) is 9.59 Å². The molecule has 0 unspecified atom stereocenters. The van der Waals surface area contributed by atoms with Gasteiger partial charge < -0.3 is 14.3 Å². The summed E-state index contributed by atoms with van der Waals surface area (Å²) < 4.78 is 5.70. The molecule has 130 valence electrons. The van der Waals surface area contributed by atoms with E-state index in [0.717, 1.165) is 37.8 Å². The highest BCUT2D eigenvalue weighted by Gasteiger charge is 2.61. The fourth-order valence-electron chi connectivity index (χ4n) is 4.43. The Balaban J connectivity index is 1.51. The second kappa shape index (κ2) is 5.03. The molecule has 7 heteroatoms. The van der Waals surface area contributed by atoms with Crippen LogP contribution in [0.25, 0.3) is 0 Å². The number of rotatable bonds is 3. The average Bonchev–Trinajstić information content (AvgIpc) is 3.28. The van der Waals surface area contributed by atoms with Crippen LogP contribution in [0.3, 0.4) is 0 Å². The highest BCUT2D eigenvalue weighted by molar-refractivity contribution is 5.94. The SMILES string of the molecule is Cc1nnc([C@]23CC[C@H]2CCN3C(=O)c2ccc(C3CC3)[nH]c2=O)o1. The van der Waals surface area contributed by atoms with Gasteiger partial charge in [0.2, 0.25) is 11.8 Å². The highest BCUT2D eigenvalue weighted by Crippen LogP contribution is 2.56. The Bertz CT molecular complexity index is 913. The number of likely N-dealkylation sites (tertiary alicyclic amines) is 1. The van der Waals surface area contributed by atoms with Gasteiger partial charge >= 0.3 is 0 Å². The van der Waals surface area contributed by atoms with Gasteiger partial charge in [0.15, 0.2) is 0 Å². The van der Waals surface area contributed by atoms with Gasteiger partial charge in [0.1, 0.15) is 11.1 Å². The molecule has 3 fully saturated rings.